The Morgan fingerprint density at radius 3 is 2.65 bits per heavy atom. The second-order valence-corrected chi connectivity index (χ2v) is 5.65. The van der Waals surface area contributed by atoms with Gasteiger partial charge < -0.3 is 5.32 Å². The zero-order valence-corrected chi connectivity index (χ0v) is 12.4. The van der Waals surface area contributed by atoms with E-state index in [1.807, 2.05) is 0 Å². The number of nitrogens with zero attached hydrogens (tertiary/aromatic N) is 2. The van der Waals surface area contributed by atoms with E-state index < -0.39 is 0 Å². The average Bonchev–Trinajstić information content (AvgIpc) is 2.46. The lowest BCUT2D eigenvalue weighted by Crippen LogP contribution is -2.12. The maximum atomic E-state index is 6.02. The Kier molecular flexibility index (Phi) is 3.88. The highest BCUT2D eigenvalue weighted by atomic mass is 35.5. The van der Waals surface area contributed by atoms with Gasteiger partial charge in [-0.25, -0.2) is 9.97 Å². The third kappa shape index (κ3) is 2.93. The Morgan fingerprint density at radius 2 is 1.85 bits per heavy atom. The van der Waals surface area contributed by atoms with E-state index in [1.165, 1.54) is 29.5 Å². The highest BCUT2D eigenvalue weighted by molar-refractivity contribution is 6.28. The molecule has 3 rings (SSSR count). The molecule has 0 fully saturated rings. The van der Waals surface area contributed by atoms with Crippen molar-refractivity contribution in [3.05, 3.63) is 51.9 Å². The highest BCUT2D eigenvalue weighted by Gasteiger charge is 2.17. The molecule has 0 bridgehead atoms. The van der Waals surface area contributed by atoms with Crippen molar-refractivity contribution >= 4 is 17.4 Å². The Morgan fingerprint density at radius 1 is 1.10 bits per heavy atom. The smallest absolute Gasteiger partial charge is 0.224 e. The summed E-state index contributed by atoms with van der Waals surface area (Å²) >= 11 is 6.02. The molecule has 1 aromatic heterocycles. The summed E-state index contributed by atoms with van der Waals surface area (Å²) in [5.74, 6) is 0.903. The van der Waals surface area contributed by atoms with Gasteiger partial charge in [-0.05, 0) is 49.8 Å². The predicted molar refractivity (Wildman–Crippen MR) is 82.2 cm³/mol. The molecule has 0 saturated carbocycles. The molecule has 2 aromatic rings. The van der Waals surface area contributed by atoms with Crippen LogP contribution in [-0.4, -0.2) is 9.97 Å². The molecule has 104 valence electrons. The summed E-state index contributed by atoms with van der Waals surface area (Å²) in [5.41, 5.74) is 4.88. The van der Waals surface area contributed by atoms with Gasteiger partial charge in [-0.15, -0.1) is 0 Å². The number of hydrogen-bond acceptors (Lipinski definition) is 3. The standard InChI is InChI=1S/C16H18ClN3/c1-11-6-8-12(9-7-11)10-18-15-13-4-2-3-5-14(13)19-16(17)20-15/h6-9H,2-5,10H2,1H3,(H,18,19,20). The number of anilines is 1. The number of benzene rings is 1. The van der Waals surface area contributed by atoms with Gasteiger partial charge >= 0.3 is 0 Å². The van der Waals surface area contributed by atoms with Crippen molar-refractivity contribution in [2.45, 2.75) is 39.2 Å². The lowest BCUT2D eigenvalue weighted by atomic mass is 9.96. The monoisotopic (exact) mass is 287 g/mol. The van der Waals surface area contributed by atoms with Crippen LogP contribution in [0.25, 0.3) is 0 Å². The Bertz CT molecular complexity index is 608. The maximum absolute atomic E-state index is 6.02. The second-order valence-electron chi connectivity index (χ2n) is 5.31. The lowest BCUT2D eigenvalue weighted by Gasteiger charge is -2.18. The minimum absolute atomic E-state index is 0.344. The quantitative estimate of drug-likeness (QED) is 0.869. The molecule has 1 aliphatic rings. The summed E-state index contributed by atoms with van der Waals surface area (Å²) < 4.78 is 0. The SMILES string of the molecule is Cc1ccc(CNc2nc(Cl)nc3c2CCCC3)cc1. The first-order chi connectivity index (χ1) is 9.72. The number of aryl methyl sites for hydroxylation is 2. The number of halogens is 1. The molecule has 0 radical (unpaired) electrons. The molecule has 1 aromatic carbocycles. The third-order valence-corrected chi connectivity index (χ3v) is 3.91. The van der Waals surface area contributed by atoms with E-state index in [2.05, 4.69) is 46.5 Å². The molecule has 0 aliphatic heterocycles. The van der Waals surface area contributed by atoms with Gasteiger partial charge in [-0.2, -0.15) is 0 Å². The van der Waals surface area contributed by atoms with Gasteiger partial charge in [0.25, 0.3) is 0 Å². The molecule has 1 heterocycles. The van der Waals surface area contributed by atoms with E-state index in [0.29, 0.717) is 5.28 Å². The van der Waals surface area contributed by atoms with E-state index in [1.54, 1.807) is 0 Å². The Balaban J connectivity index is 1.80. The molecule has 0 spiro atoms. The molecular weight excluding hydrogens is 270 g/mol. The van der Waals surface area contributed by atoms with Crippen molar-refractivity contribution in [1.29, 1.82) is 0 Å². The molecule has 0 saturated heterocycles. The first kappa shape index (κ1) is 13.4. The number of nitrogens with one attached hydrogen (secondary N) is 1. The first-order valence-electron chi connectivity index (χ1n) is 7.07. The van der Waals surface area contributed by atoms with Crippen molar-refractivity contribution in [3.8, 4) is 0 Å². The zero-order valence-electron chi connectivity index (χ0n) is 11.6. The van der Waals surface area contributed by atoms with E-state index >= 15 is 0 Å². The number of hydrogen-bond donors (Lipinski definition) is 1. The normalized spacial score (nSPS) is 13.9. The number of fused-ring (bicyclic) bond motifs is 1. The van der Waals surface area contributed by atoms with Crippen LogP contribution in [0.2, 0.25) is 5.28 Å². The fraction of sp³-hybridized carbons (Fsp3) is 0.375. The fourth-order valence-corrected chi connectivity index (χ4v) is 2.79. The van der Waals surface area contributed by atoms with Gasteiger partial charge in [0.1, 0.15) is 5.82 Å². The van der Waals surface area contributed by atoms with Crippen LogP contribution in [0.5, 0.6) is 0 Å². The van der Waals surface area contributed by atoms with E-state index in [-0.39, 0.29) is 0 Å². The van der Waals surface area contributed by atoms with Crippen molar-refractivity contribution < 1.29 is 0 Å². The molecule has 1 N–H and O–H groups in total. The summed E-state index contributed by atoms with van der Waals surface area (Å²) in [5, 5.41) is 3.76. The predicted octanol–water partition coefficient (Wildman–Crippen LogP) is 3.93. The van der Waals surface area contributed by atoms with Crippen LogP contribution < -0.4 is 5.32 Å². The second kappa shape index (κ2) is 5.80. The van der Waals surface area contributed by atoms with Gasteiger partial charge in [0, 0.05) is 12.1 Å². The van der Waals surface area contributed by atoms with Gasteiger partial charge in [0.2, 0.25) is 5.28 Å². The van der Waals surface area contributed by atoms with Crippen LogP contribution in [0.4, 0.5) is 5.82 Å². The molecule has 4 heteroatoms. The fourth-order valence-electron chi connectivity index (χ4n) is 2.60. The maximum Gasteiger partial charge on any atom is 0.224 e. The van der Waals surface area contributed by atoms with Crippen LogP contribution in [0.1, 0.15) is 35.2 Å². The van der Waals surface area contributed by atoms with Gasteiger partial charge in [0.05, 0.1) is 5.69 Å². The first-order valence-corrected chi connectivity index (χ1v) is 7.45. The van der Waals surface area contributed by atoms with Crippen molar-refractivity contribution in [2.24, 2.45) is 0 Å². The van der Waals surface area contributed by atoms with Gasteiger partial charge in [-0.3, -0.25) is 0 Å². The van der Waals surface area contributed by atoms with Crippen LogP contribution in [0.3, 0.4) is 0 Å². The highest BCUT2D eigenvalue weighted by Crippen LogP contribution is 2.26. The minimum atomic E-state index is 0.344. The lowest BCUT2D eigenvalue weighted by molar-refractivity contribution is 0.663. The zero-order chi connectivity index (χ0) is 13.9. The average molecular weight is 288 g/mol. The van der Waals surface area contributed by atoms with Crippen LogP contribution in [0.15, 0.2) is 24.3 Å². The molecule has 0 amide bonds. The molecule has 0 unspecified atom stereocenters. The number of rotatable bonds is 3. The van der Waals surface area contributed by atoms with Crippen molar-refractivity contribution in [3.63, 3.8) is 0 Å². The molecule has 0 atom stereocenters. The van der Waals surface area contributed by atoms with Crippen LogP contribution >= 0.6 is 11.6 Å². The summed E-state index contributed by atoms with van der Waals surface area (Å²) in [6, 6.07) is 8.52. The van der Waals surface area contributed by atoms with Crippen molar-refractivity contribution in [1.82, 2.24) is 9.97 Å². The summed E-state index contributed by atoms with van der Waals surface area (Å²) in [6.07, 6.45) is 4.45. The third-order valence-electron chi connectivity index (χ3n) is 3.74. The molecule has 3 nitrogen and oxygen atoms in total. The molecular formula is C16H18ClN3. The Labute approximate surface area is 124 Å². The van der Waals surface area contributed by atoms with Crippen molar-refractivity contribution in [2.75, 3.05) is 5.32 Å². The van der Waals surface area contributed by atoms with Gasteiger partial charge in [0.15, 0.2) is 0 Å². The van der Waals surface area contributed by atoms with Crippen LogP contribution in [0, 0.1) is 6.92 Å². The number of aromatic nitrogens is 2. The summed E-state index contributed by atoms with van der Waals surface area (Å²) in [6.45, 7) is 2.86. The molecule has 1 aliphatic carbocycles. The Hall–Kier alpha value is -1.61. The van der Waals surface area contributed by atoms with E-state index in [9.17, 15) is 0 Å². The summed E-state index contributed by atoms with van der Waals surface area (Å²) in [7, 11) is 0. The summed E-state index contributed by atoms with van der Waals surface area (Å²) in [4.78, 5) is 8.72. The topological polar surface area (TPSA) is 37.8 Å². The molecule has 20 heavy (non-hydrogen) atoms. The minimum Gasteiger partial charge on any atom is -0.366 e. The van der Waals surface area contributed by atoms with E-state index in [0.717, 1.165) is 30.9 Å². The largest absolute Gasteiger partial charge is 0.366 e. The van der Waals surface area contributed by atoms with E-state index in [4.69, 9.17) is 11.6 Å². The van der Waals surface area contributed by atoms with Crippen LogP contribution in [-0.2, 0) is 19.4 Å². The van der Waals surface area contributed by atoms with Gasteiger partial charge in [-0.1, -0.05) is 29.8 Å².